The smallest absolute Gasteiger partial charge is 0.121 e. The predicted molar refractivity (Wildman–Crippen MR) is 55.8 cm³/mol. The molecule has 0 aliphatic rings. The monoisotopic (exact) mass is 212 g/mol. The van der Waals surface area contributed by atoms with Crippen molar-refractivity contribution in [2.75, 3.05) is 13.7 Å². The van der Waals surface area contributed by atoms with Crippen molar-refractivity contribution >= 4 is 0 Å². The Bertz CT molecular complexity index is 324. The summed E-state index contributed by atoms with van der Waals surface area (Å²) in [6, 6.07) is 5.11. The molecule has 2 unspecified atom stereocenters. The Balaban J connectivity index is 2.92. The maximum absolute atomic E-state index is 9.63. The van der Waals surface area contributed by atoms with Crippen LogP contribution >= 0.6 is 0 Å². The number of benzene rings is 1. The van der Waals surface area contributed by atoms with Gasteiger partial charge in [-0.3, -0.25) is 0 Å². The summed E-state index contributed by atoms with van der Waals surface area (Å²) >= 11 is 0. The molecular weight excluding hydrogens is 196 g/mol. The van der Waals surface area contributed by atoms with Gasteiger partial charge in [-0.25, -0.2) is 0 Å². The van der Waals surface area contributed by atoms with E-state index >= 15 is 0 Å². The highest BCUT2D eigenvalue weighted by Crippen LogP contribution is 2.24. The first kappa shape index (κ1) is 12.0. The molecule has 0 aromatic heterocycles. The summed E-state index contributed by atoms with van der Waals surface area (Å²) in [7, 11) is 1.57. The molecule has 0 spiro atoms. The molecule has 0 aliphatic carbocycles. The van der Waals surface area contributed by atoms with Crippen LogP contribution in [0.5, 0.6) is 5.75 Å². The van der Waals surface area contributed by atoms with E-state index in [0.29, 0.717) is 5.56 Å². The molecule has 3 N–H and O–H groups in total. The zero-order valence-electron chi connectivity index (χ0n) is 8.84. The van der Waals surface area contributed by atoms with Crippen LogP contribution in [0.2, 0.25) is 0 Å². The molecule has 0 fully saturated rings. The second kappa shape index (κ2) is 5.11. The number of methoxy groups -OCH3 is 1. The standard InChI is InChI=1S/C11H16O4/c1-7-5-8(3-4-10(7)15-2)11(14)9(13)6-12/h3-5,9,11-14H,6H2,1-2H3. The Morgan fingerprint density at radius 1 is 1.33 bits per heavy atom. The number of rotatable bonds is 4. The van der Waals surface area contributed by atoms with Gasteiger partial charge in [0.1, 0.15) is 18.0 Å². The van der Waals surface area contributed by atoms with Crippen LogP contribution in [-0.4, -0.2) is 35.1 Å². The zero-order chi connectivity index (χ0) is 11.4. The Hall–Kier alpha value is -1.10. The average Bonchev–Trinajstić information content (AvgIpc) is 2.26. The normalized spacial score (nSPS) is 14.7. The van der Waals surface area contributed by atoms with Crippen molar-refractivity contribution < 1.29 is 20.1 Å². The van der Waals surface area contributed by atoms with Crippen molar-refractivity contribution in [3.8, 4) is 5.75 Å². The quantitative estimate of drug-likeness (QED) is 0.675. The lowest BCUT2D eigenvalue weighted by Gasteiger charge is -2.17. The molecule has 84 valence electrons. The molecule has 0 bridgehead atoms. The largest absolute Gasteiger partial charge is 0.496 e. The fourth-order valence-electron chi connectivity index (χ4n) is 1.41. The molecule has 4 nitrogen and oxygen atoms in total. The van der Waals surface area contributed by atoms with Crippen molar-refractivity contribution in [2.45, 2.75) is 19.1 Å². The first-order chi connectivity index (χ1) is 7.10. The first-order valence-corrected chi connectivity index (χ1v) is 4.71. The number of aryl methyl sites for hydroxylation is 1. The van der Waals surface area contributed by atoms with E-state index in [2.05, 4.69) is 0 Å². The Morgan fingerprint density at radius 2 is 2.00 bits per heavy atom. The molecule has 0 saturated heterocycles. The van der Waals surface area contributed by atoms with Gasteiger partial charge in [0.15, 0.2) is 0 Å². The minimum atomic E-state index is -1.15. The number of ether oxygens (including phenoxy) is 1. The zero-order valence-corrected chi connectivity index (χ0v) is 8.84. The molecular formula is C11H16O4. The van der Waals surface area contributed by atoms with Crippen LogP contribution in [0.25, 0.3) is 0 Å². The highest BCUT2D eigenvalue weighted by molar-refractivity contribution is 5.37. The van der Waals surface area contributed by atoms with Crippen molar-refractivity contribution in [3.05, 3.63) is 29.3 Å². The maximum Gasteiger partial charge on any atom is 0.121 e. The second-order valence-corrected chi connectivity index (χ2v) is 3.42. The van der Waals surface area contributed by atoms with Gasteiger partial charge in [-0.1, -0.05) is 6.07 Å². The van der Waals surface area contributed by atoms with E-state index in [1.165, 1.54) is 0 Å². The van der Waals surface area contributed by atoms with Gasteiger partial charge in [0, 0.05) is 0 Å². The molecule has 15 heavy (non-hydrogen) atoms. The van der Waals surface area contributed by atoms with Crippen LogP contribution in [0.4, 0.5) is 0 Å². The fourth-order valence-corrected chi connectivity index (χ4v) is 1.41. The van der Waals surface area contributed by atoms with E-state index < -0.39 is 18.8 Å². The number of aliphatic hydroxyl groups excluding tert-OH is 3. The Kier molecular flexibility index (Phi) is 4.08. The summed E-state index contributed by atoms with van der Waals surface area (Å²) in [4.78, 5) is 0. The van der Waals surface area contributed by atoms with Gasteiger partial charge in [0.05, 0.1) is 13.7 Å². The van der Waals surface area contributed by atoms with Gasteiger partial charge < -0.3 is 20.1 Å². The molecule has 0 radical (unpaired) electrons. The molecule has 0 heterocycles. The van der Waals surface area contributed by atoms with Crippen molar-refractivity contribution in [1.82, 2.24) is 0 Å². The molecule has 0 aliphatic heterocycles. The van der Waals surface area contributed by atoms with E-state index in [1.54, 1.807) is 25.3 Å². The summed E-state index contributed by atoms with van der Waals surface area (Å²) in [5, 5.41) is 27.6. The summed E-state index contributed by atoms with van der Waals surface area (Å²) < 4.78 is 5.07. The molecule has 0 amide bonds. The van der Waals surface area contributed by atoms with Crippen molar-refractivity contribution in [3.63, 3.8) is 0 Å². The van der Waals surface area contributed by atoms with Crippen LogP contribution < -0.4 is 4.74 Å². The van der Waals surface area contributed by atoms with Crippen LogP contribution in [0.1, 0.15) is 17.2 Å². The minimum Gasteiger partial charge on any atom is -0.496 e. The summed E-state index contributed by atoms with van der Waals surface area (Å²) in [5.74, 6) is 0.726. The molecule has 1 rings (SSSR count). The van der Waals surface area contributed by atoms with Gasteiger partial charge >= 0.3 is 0 Å². The van der Waals surface area contributed by atoms with E-state index in [4.69, 9.17) is 9.84 Å². The van der Waals surface area contributed by atoms with Crippen molar-refractivity contribution in [2.24, 2.45) is 0 Å². The molecule has 0 saturated carbocycles. The van der Waals surface area contributed by atoms with E-state index in [1.807, 2.05) is 6.92 Å². The van der Waals surface area contributed by atoms with Gasteiger partial charge in [-0.05, 0) is 30.2 Å². The first-order valence-electron chi connectivity index (χ1n) is 4.71. The lowest BCUT2D eigenvalue weighted by molar-refractivity contribution is -0.0153. The van der Waals surface area contributed by atoms with Gasteiger partial charge in [0.2, 0.25) is 0 Å². The van der Waals surface area contributed by atoms with Crippen molar-refractivity contribution in [1.29, 1.82) is 0 Å². The van der Waals surface area contributed by atoms with Gasteiger partial charge in [-0.2, -0.15) is 0 Å². The Morgan fingerprint density at radius 3 is 2.47 bits per heavy atom. The number of hydrogen-bond acceptors (Lipinski definition) is 4. The molecule has 2 atom stereocenters. The topological polar surface area (TPSA) is 69.9 Å². The van der Waals surface area contributed by atoms with Crippen LogP contribution in [0.3, 0.4) is 0 Å². The molecule has 1 aromatic rings. The summed E-state index contributed by atoms with van der Waals surface area (Å²) in [6.45, 7) is 1.38. The predicted octanol–water partition coefficient (Wildman–Crippen LogP) is 0.390. The van der Waals surface area contributed by atoms with E-state index in [-0.39, 0.29) is 0 Å². The Labute approximate surface area is 88.8 Å². The summed E-state index contributed by atoms with van der Waals surface area (Å²) in [5.41, 5.74) is 1.44. The number of hydrogen-bond donors (Lipinski definition) is 3. The highest BCUT2D eigenvalue weighted by atomic mass is 16.5. The molecule has 4 heteroatoms. The minimum absolute atomic E-state index is 0.466. The number of aliphatic hydroxyl groups is 3. The van der Waals surface area contributed by atoms with Gasteiger partial charge in [-0.15, -0.1) is 0 Å². The van der Waals surface area contributed by atoms with E-state index in [0.717, 1.165) is 11.3 Å². The SMILES string of the molecule is COc1ccc(C(O)C(O)CO)cc1C. The fraction of sp³-hybridized carbons (Fsp3) is 0.455. The lowest BCUT2D eigenvalue weighted by atomic mass is 10.0. The van der Waals surface area contributed by atoms with Crippen LogP contribution in [0, 0.1) is 6.92 Å². The lowest BCUT2D eigenvalue weighted by Crippen LogP contribution is -2.22. The third-order valence-corrected chi connectivity index (χ3v) is 2.31. The highest BCUT2D eigenvalue weighted by Gasteiger charge is 2.17. The second-order valence-electron chi connectivity index (χ2n) is 3.42. The van der Waals surface area contributed by atoms with E-state index in [9.17, 15) is 10.2 Å². The average molecular weight is 212 g/mol. The van der Waals surface area contributed by atoms with Gasteiger partial charge in [0.25, 0.3) is 0 Å². The summed E-state index contributed by atoms with van der Waals surface area (Å²) in [6.07, 6.45) is -2.22. The third-order valence-electron chi connectivity index (χ3n) is 2.31. The van der Waals surface area contributed by atoms with Crippen LogP contribution in [0.15, 0.2) is 18.2 Å². The van der Waals surface area contributed by atoms with Crippen LogP contribution in [-0.2, 0) is 0 Å². The molecule has 1 aromatic carbocycles. The maximum atomic E-state index is 9.63. The third kappa shape index (κ3) is 2.68.